The Morgan fingerprint density at radius 1 is 0.868 bits per heavy atom. The van der Waals surface area contributed by atoms with Crippen molar-refractivity contribution in [3.8, 4) is 0 Å². The molecule has 2 fully saturated rings. The zero-order valence-electron chi connectivity index (χ0n) is 21.2. The summed E-state index contributed by atoms with van der Waals surface area (Å²) in [6.45, 7) is 3.59. The average molecular weight is 561 g/mol. The van der Waals surface area contributed by atoms with Gasteiger partial charge in [0.15, 0.2) is 40.2 Å². The minimum absolute atomic E-state index is 0.0232. The van der Waals surface area contributed by atoms with Crippen LogP contribution in [0.3, 0.4) is 0 Å². The zero-order valence-corrected chi connectivity index (χ0v) is 22.0. The lowest BCUT2D eigenvalue weighted by Gasteiger charge is -2.55. The van der Waals surface area contributed by atoms with Crippen LogP contribution < -0.4 is 10.6 Å². The van der Waals surface area contributed by atoms with Crippen molar-refractivity contribution in [3.63, 3.8) is 0 Å². The number of aliphatic hydroxyl groups is 3. The van der Waals surface area contributed by atoms with E-state index in [2.05, 4.69) is 10.6 Å². The van der Waals surface area contributed by atoms with Gasteiger partial charge in [0.25, 0.3) is 0 Å². The lowest BCUT2D eigenvalue weighted by Crippen LogP contribution is -2.85. The van der Waals surface area contributed by atoms with Gasteiger partial charge in [-0.3, -0.25) is 28.8 Å². The number of aliphatic hydroxyl groups excluding tert-OH is 1. The van der Waals surface area contributed by atoms with Crippen molar-refractivity contribution in [1.29, 1.82) is 0 Å². The highest BCUT2D eigenvalue weighted by atomic mass is 32.1. The minimum atomic E-state index is -3.18. The number of carboxylic acids is 2. The van der Waals surface area contributed by atoms with E-state index in [9.17, 15) is 54.3 Å². The molecule has 38 heavy (non-hydrogen) atoms. The fourth-order valence-corrected chi connectivity index (χ4v) is 5.50. The van der Waals surface area contributed by atoms with Gasteiger partial charge in [0.1, 0.15) is 18.2 Å². The van der Waals surface area contributed by atoms with Gasteiger partial charge in [0.05, 0.1) is 4.99 Å². The van der Waals surface area contributed by atoms with Gasteiger partial charge in [-0.15, -0.1) is 0 Å². The van der Waals surface area contributed by atoms with Crippen LogP contribution in [-0.4, -0.2) is 101 Å². The Kier molecular flexibility index (Phi) is 9.16. The fraction of sp³-hybridized carbons (Fsp3) is 0.696. The van der Waals surface area contributed by atoms with Gasteiger partial charge < -0.3 is 40.9 Å². The number of nitrogens with one attached hydrogen (secondary N) is 2. The fourth-order valence-electron chi connectivity index (χ4n) is 5.15. The maximum atomic E-state index is 12.8. The van der Waals surface area contributed by atoms with Crippen LogP contribution >= 0.6 is 12.2 Å². The number of rotatable bonds is 9. The highest BCUT2D eigenvalue weighted by molar-refractivity contribution is 7.80. The molecule has 1 saturated carbocycles. The molecule has 7 N–H and O–H groups in total. The van der Waals surface area contributed by atoms with Gasteiger partial charge in [-0.2, -0.15) is 0 Å². The lowest BCUT2D eigenvalue weighted by molar-refractivity contribution is -0.280. The molecule has 0 spiro atoms. The SMILES string of the molecule is CC(=O)N[C@@H]1[C@H](NC(=S)C2CCC(C(=O)O)(C(=O)O)CC2)O[C@H](C(O)C(C)=O)[C@@](O)(C(C)=O)[C@@]1(O)C(C)=O. The summed E-state index contributed by atoms with van der Waals surface area (Å²) in [6, 6.07) is -1.86. The molecule has 1 aliphatic carbocycles. The topological polar surface area (TPSA) is 237 Å². The summed E-state index contributed by atoms with van der Waals surface area (Å²) in [4.78, 5) is 72.7. The number of aliphatic carboxylic acids is 2. The van der Waals surface area contributed by atoms with Crippen molar-refractivity contribution in [2.24, 2.45) is 11.3 Å². The summed E-state index contributed by atoms with van der Waals surface area (Å²) in [6.07, 6.45) is -6.49. The standard InChI is InChI=1S/C23H32N2O12S/c1-9(26)14(30)16-23(36,11(3)28)22(35,10(2)27)15(24-12(4)29)17(37-16)25-18(38)13-5-7-21(8-6-13,19(31)32)20(33)34/h13-17,30,35-36H,5-8H2,1-4H3,(H,24,29)(H,25,38)(H,31,32)(H,33,34)/t14?,15-,16-,17-,22-,23+/m1/s1. The van der Waals surface area contributed by atoms with Crippen molar-refractivity contribution in [1.82, 2.24) is 10.6 Å². The third-order valence-corrected chi connectivity index (χ3v) is 7.94. The molecule has 0 bridgehead atoms. The zero-order chi connectivity index (χ0) is 29.4. The van der Waals surface area contributed by atoms with E-state index < -0.39 is 82.2 Å². The van der Waals surface area contributed by atoms with Gasteiger partial charge in [-0.05, 0) is 46.5 Å². The Morgan fingerprint density at radius 2 is 1.34 bits per heavy atom. The predicted molar refractivity (Wildman–Crippen MR) is 130 cm³/mol. The van der Waals surface area contributed by atoms with E-state index in [1.54, 1.807) is 0 Å². The van der Waals surface area contributed by atoms with E-state index >= 15 is 0 Å². The van der Waals surface area contributed by atoms with Crippen molar-refractivity contribution in [2.75, 3.05) is 0 Å². The number of carbonyl (C=O) groups is 6. The van der Waals surface area contributed by atoms with E-state index in [1.165, 1.54) is 0 Å². The number of Topliss-reactive ketones (excluding diaryl/α,β-unsaturated/α-hetero) is 3. The van der Waals surface area contributed by atoms with Crippen molar-refractivity contribution in [2.45, 2.75) is 89.1 Å². The second kappa shape index (κ2) is 11.1. The first kappa shape index (κ1) is 31.4. The van der Waals surface area contributed by atoms with Crippen LogP contribution in [0.5, 0.6) is 0 Å². The molecule has 1 saturated heterocycles. The van der Waals surface area contributed by atoms with E-state index in [0.29, 0.717) is 0 Å². The van der Waals surface area contributed by atoms with Crippen LogP contribution in [0.1, 0.15) is 53.4 Å². The van der Waals surface area contributed by atoms with Gasteiger partial charge in [0.2, 0.25) is 5.91 Å². The Labute approximate surface area is 222 Å². The number of ether oxygens (including phenoxy) is 1. The molecule has 1 aliphatic heterocycles. The minimum Gasteiger partial charge on any atom is -0.480 e. The summed E-state index contributed by atoms with van der Waals surface area (Å²) in [7, 11) is 0. The predicted octanol–water partition coefficient (Wildman–Crippen LogP) is -1.93. The smallest absolute Gasteiger partial charge is 0.321 e. The normalized spacial score (nSPS) is 31.9. The number of ketones is 3. The van der Waals surface area contributed by atoms with Crippen LogP contribution in [-0.2, 0) is 33.5 Å². The molecule has 0 radical (unpaired) electrons. The number of hydrogen-bond donors (Lipinski definition) is 7. The lowest BCUT2D eigenvalue weighted by atomic mass is 9.65. The molecular weight excluding hydrogens is 528 g/mol. The summed E-state index contributed by atoms with van der Waals surface area (Å²) in [5.74, 6) is -7.76. The van der Waals surface area contributed by atoms with Gasteiger partial charge in [-0.1, -0.05) is 12.2 Å². The van der Waals surface area contributed by atoms with Crippen molar-refractivity contribution < 1.29 is 59.0 Å². The second-order valence-electron chi connectivity index (χ2n) is 9.83. The molecule has 14 nitrogen and oxygen atoms in total. The van der Waals surface area contributed by atoms with Gasteiger partial charge in [-0.25, -0.2) is 0 Å². The Balaban J connectivity index is 2.50. The Bertz CT molecular complexity index is 1040. The molecule has 1 unspecified atom stereocenters. The number of hydrogen-bond acceptors (Lipinski definition) is 11. The number of carboxylic acid groups (broad SMARTS) is 2. The maximum absolute atomic E-state index is 12.8. The number of carbonyl (C=O) groups excluding carboxylic acids is 4. The van der Waals surface area contributed by atoms with Crippen LogP contribution in [0.2, 0.25) is 0 Å². The first-order valence-electron chi connectivity index (χ1n) is 11.7. The second-order valence-corrected chi connectivity index (χ2v) is 10.3. The van der Waals surface area contributed by atoms with Crippen molar-refractivity contribution in [3.05, 3.63) is 0 Å². The first-order valence-corrected chi connectivity index (χ1v) is 12.1. The largest absolute Gasteiger partial charge is 0.480 e. The van der Waals surface area contributed by atoms with Crippen LogP contribution in [0.25, 0.3) is 0 Å². The summed E-state index contributed by atoms with van der Waals surface area (Å²) < 4.78 is 5.67. The molecule has 0 aromatic heterocycles. The summed E-state index contributed by atoms with van der Waals surface area (Å²) >= 11 is 5.41. The van der Waals surface area contributed by atoms with Crippen LogP contribution in [0.4, 0.5) is 0 Å². The highest BCUT2D eigenvalue weighted by Gasteiger charge is 2.72. The Hall–Kier alpha value is -2.85. The quantitative estimate of drug-likeness (QED) is 0.120. The highest BCUT2D eigenvalue weighted by Crippen LogP contribution is 2.43. The van der Waals surface area contributed by atoms with Crippen molar-refractivity contribution >= 4 is 52.4 Å². The molecule has 0 aromatic carbocycles. The average Bonchev–Trinajstić information content (AvgIpc) is 2.82. The molecule has 2 rings (SSSR count). The molecule has 6 atom stereocenters. The molecular formula is C23H32N2O12S. The summed E-state index contributed by atoms with van der Waals surface area (Å²) in [5.41, 5.74) is -8.27. The Morgan fingerprint density at radius 3 is 1.71 bits per heavy atom. The van der Waals surface area contributed by atoms with Crippen LogP contribution in [0.15, 0.2) is 0 Å². The molecule has 2 aliphatic rings. The van der Waals surface area contributed by atoms with E-state index in [-0.39, 0.29) is 30.7 Å². The van der Waals surface area contributed by atoms with Crippen LogP contribution in [0, 0.1) is 11.3 Å². The third-order valence-electron chi connectivity index (χ3n) is 7.49. The molecule has 0 aromatic rings. The van der Waals surface area contributed by atoms with E-state index in [1.807, 2.05) is 0 Å². The van der Waals surface area contributed by atoms with E-state index in [0.717, 1.165) is 27.7 Å². The first-order chi connectivity index (χ1) is 17.4. The number of thiocarbonyl (C=S) groups is 1. The number of amides is 1. The molecule has 1 heterocycles. The monoisotopic (exact) mass is 560 g/mol. The van der Waals surface area contributed by atoms with Gasteiger partial charge in [0, 0.05) is 12.8 Å². The van der Waals surface area contributed by atoms with Gasteiger partial charge >= 0.3 is 11.9 Å². The maximum Gasteiger partial charge on any atom is 0.321 e. The molecule has 15 heteroatoms. The third kappa shape index (κ3) is 5.08. The van der Waals surface area contributed by atoms with E-state index in [4.69, 9.17) is 17.0 Å². The molecule has 212 valence electrons. The molecule has 1 amide bonds. The summed E-state index contributed by atoms with van der Waals surface area (Å²) in [5, 5.41) is 57.3.